The molecule has 2 aromatic rings. The molecule has 0 bridgehead atoms. The van der Waals surface area contributed by atoms with Gasteiger partial charge in [-0.15, -0.1) is 17.9 Å². The lowest BCUT2D eigenvalue weighted by atomic mass is 10.1. The fourth-order valence-electron chi connectivity index (χ4n) is 3.35. The zero-order chi connectivity index (χ0) is 19.9. The van der Waals surface area contributed by atoms with Crippen LogP contribution < -0.4 is 4.74 Å². The number of thiophene rings is 1. The average molecular weight is 399 g/mol. The van der Waals surface area contributed by atoms with E-state index in [4.69, 9.17) is 4.74 Å². The SMILES string of the molecule is C=CCN(Cc1ccc(OC)cc1)C(=O)CCC(=O)N1CCc2sccc2C1. The number of nitrogens with zero attached hydrogens (tertiary/aromatic N) is 2. The summed E-state index contributed by atoms with van der Waals surface area (Å²) in [5.41, 5.74) is 2.26. The van der Waals surface area contributed by atoms with Crippen LogP contribution in [-0.2, 0) is 29.1 Å². The minimum Gasteiger partial charge on any atom is -0.497 e. The summed E-state index contributed by atoms with van der Waals surface area (Å²) >= 11 is 1.75. The zero-order valence-corrected chi connectivity index (χ0v) is 17.0. The Kier molecular flexibility index (Phi) is 6.87. The van der Waals surface area contributed by atoms with E-state index >= 15 is 0 Å². The molecular weight excluding hydrogens is 372 g/mol. The topological polar surface area (TPSA) is 49.9 Å². The molecule has 1 aromatic carbocycles. The molecule has 28 heavy (non-hydrogen) atoms. The number of carbonyl (C=O) groups is 2. The summed E-state index contributed by atoms with van der Waals surface area (Å²) in [7, 11) is 1.63. The lowest BCUT2D eigenvalue weighted by Crippen LogP contribution is -2.37. The minimum absolute atomic E-state index is 0.0303. The van der Waals surface area contributed by atoms with Gasteiger partial charge in [0.25, 0.3) is 0 Å². The Hall–Kier alpha value is -2.60. The van der Waals surface area contributed by atoms with E-state index in [1.54, 1.807) is 29.4 Å². The van der Waals surface area contributed by atoms with Crippen LogP contribution in [0.5, 0.6) is 5.75 Å². The minimum atomic E-state index is -0.0303. The number of hydrogen-bond acceptors (Lipinski definition) is 4. The molecule has 3 rings (SSSR count). The number of rotatable bonds is 8. The number of fused-ring (bicyclic) bond motifs is 1. The maximum atomic E-state index is 12.7. The van der Waals surface area contributed by atoms with Gasteiger partial charge in [0, 0.05) is 43.9 Å². The van der Waals surface area contributed by atoms with E-state index in [-0.39, 0.29) is 24.7 Å². The van der Waals surface area contributed by atoms with Crippen LogP contribution in [-0.4, -0.2) is 41.8 Å². The summed E-state index contributed by atoms with van der Waals surface area (Å²) in [6.45, 7) is 6.10. The van der Waals surface area contributed by atoms with Crippen molar-refractivity contribution in [3.05, 3.63) is 64.4 Å². The molecule has 2 heterocycles. The molecule has 148 valence electrons. The summed E-state index contributed by atoms with van der Waals surface area (Å²) in [5, 5.41) is 2.08. The molecule has 0 N–H and O–H groups in total. The van der Waals surface area contributed by atoms with Gasteiger partial charge in [0.05, 0.1) is 7.11 Å². The summed E-state index contributed by atoms with van der Waals surface area (Å²) in [6.07, 6.45) is 3.09. The monoisotopic (exact) mass is 398 g/mol. The van der Waals surface area contributed by atoms with Gasteiger partial charge in [-0.2, -0.15) is 0 Å². The summed E-state index contributed by atoms with van der Waals surface area (Å²) in [6, 6.07) is 9.74. The Labute approximate surface area is 170 Å². The van der Waals surface area contributed by atoms with E-state index in [0.29, 0.717) is 19.6 Å². The maximum absolute atomic E-state index is 12.7. The molecule has 1 aliphatic heterocycles. The van der Waals surface area contributed by atoms with Gasteiger partial charge < -0.3 is 14.5 Å². The Morgan fingerprint density at radius 2 is 2.04 bits per heavy atom. The third-order valence-electron chi connectivity index (χ3n) is 4.95. The van der Waals surface area contributed by atoms with Crippen molar-refractivity contribution in [2.24, 2.45) is 0 Å². The molecule has 1 aliphatic rings. The first kappa shape index (κ1) is 20.1. The number of carbonyl (C=O) groups excluding carboxylic acids is 2. The van der Waals surface area contributed by atoms with E-state index in [0.717, 1.165) is 24.3 Å². The van der Waals surface area contributed by atoms with Crippen molar-refractivity contribution in [3.8, 4) is 5.75 Å². The Bertz CT molecular complexity index is 829. The Morgan fingerprint density at radius 3 is 2.75 bits per heavy atom. The third kappa shape index (κ3) is 5.01. The van der Waals surface area contributed by atoms with Crippen LogP contribution in [0.25, 0.3) is 0 Å². The van der Waals surface area contributed by atoms with Gasteiger partial charge in [-0.25, -0.2) is 0 Å². The van der Waals surface area contributed by atoms with E-state index in [1.165, 1.54) is 10.4 Å². The van der Waals surface area contributed by atoms with Crippen LogP contribution in [0.4, 0.5) is 0 Å². The number of hydrogen-bond donors (Lipinski definition) is 0. The number of ether oxygens (including phenoxy) is 1. The normalized spacial score (nSPS) is 13.0. The zero-order valence-electron chi connectivity index (χ0n) is 16.2. The molecule has 0 aliphatic carbocycles. The molecule has 1 aromatic heterocycles. The average Bonchev–Trinajstić information content (AvgIpc) is 3.19. The molecular formula is C22H26N2O3S. The molecule has 0 spiro atoms. The second-order valence-electron chi connectivity index (χ2n) is 6.85. The van der Waals surface area contributed by atoms with Gasteiger partial charge in [-0.1, -0.05) is 18.2 Å². The molecule has 0 saturated heterocycles. The summed E-state index contributed by atoms with van der Waals surface area (Å²) < 4.78 is 5.17. The lowest BCUT2D eigenvalue weighted by Gasteiger charge is -2.27. The highest BCUT2D eigenvalue weighted by Crippen LogP contribution is 2.24. The van der Waals surface area contributed by atoms with Crippen LogP contribution in [0.15, 0.2) is 48.4 Å². The maximum Gasteiger partial charge on any atom is 0.223 e. The standard InChI is InChI=1S/C22H26N2O3S/c1-3-12-23(15-17-4-6-19(27-2)7-5-17)21(25)8-9-22(26)24-13-10-20-18(16-24)11-14-28-20/h3-7,11,14H,1,8-10,12-13,15-16H2,2H3. The molecule has 0 atom stereocenters. The second-order valence-corrected chi connectivity index (χ2v) is 7.85. The molecule has 5 nitrogen and oxygen atoms in total. The molecule has 0 fully saturated rings. The van der Waals surface area contributed by atoms with Crippen molar-refractivity contribution >= 4 is 23.2 Å². The van der Waals surface area contributed by atoms with Crippen LogP contribution in [0.2, 0.25) is 0 Å². The predicted octanol–water partition coefficient (Wildman–Crippen LogP) is 3.64. The fourth-order valence-corrected chi connectivity index (χ4v) is 4.24. The number of methoxy groups -OCH3 is 1. The molecule has 0 unspecified atom stereocenters. The fraction of sp³-hybridized carbons (Fsp3) is 0.364. The van der Waals surface area contributed by atoms with Gasteiger partial charge >= 0.3 is 0 Å². The molecule has 6 heteroatoms. The van der Waals surface area contributed by atoms with Crippen LogP contribution in [0.3, 0.4) is 0 Å². The quantitative estimate of drug-likeness (QED) is 0.638. The highest BCUT2D eigenvalue weighted by Gasteiger charge is 2.22. The Morgan fingerprint density at radius 1 is 1.25 bits per heavy atom. The van der Waals surface area contributed by atoms with Crippen LogP contribution in [0, 0.1) is 0 Å². The summed E-state index contributed by atoms with van der Waals surface area (Å²) in [4.78, 5) is 30.2. The molecule has 2 amide bonds. The van der Waals surface area contributed by atoms with Gasteiger partial charge in [0.1, 0.15) is 5.75 Å². The first-order chi connectivity index (χ1) is 13.6. The van der Waals surface area contributed by atoms with Crippen LogP contribution >= 0.6 is 11.3 Å². The van der Waals surface area contributed by atoms with Gasteiger partial charge in [0.15, 0.2) is 0 Å². The van der Waals surface area contributed by atoms with Gasteiger partial charge in [-0.3, -0.25) is 9.59 Å². The van der Waals surface area contributed by atoms with Gasteiger partial charge in [0.2, 0.25) is 11.8 Å². The number of amides is 2. The highest BCUT2D eigenvalue weighted by atomic mass is 32.1. The van der Waals surface area contributed by atoms with E-state index in [1.807, 2.05) is 29.2 Å². The molecule has 0 saturated carbocycles. The molecule has 0 radical (unpaired) electrons. The van der Waals surface area contributed by atoms with Crippen molar-refractivity contribution in [1.82, 2.24) is 9.80 Å². The van der Waals surface area contributed by atoms with Crippen molar-refractivity contribution in [2.75, 3.05) is 20.2 Å². The van der Waals surface area contributed by atoms with E-state index in [2.05, 4.69) is 18.0 Å². The van der Waals surface area contributed by atoms with Crippen molar-refractivity contribution in [3.63, 3.8) is 0 Å². The van der Waals surface area contributed by atoms with E-state index in [9.17, 15) is 9.59 Å². The Balaban J connectivity index is 1.53. The second kappa shape index (κ2) is 9.55. The van der Waals surface area contributed by atoms with Crippen molar-refractivity contribution < 1.29 is 14.3 Å². The first-order valence-electron chi connectivity index (χ1n) is 9.45. The van der Waals surface area contributed by atoms with Crippen molar-refractivity contribution in [2.45, 2.75) is 32.4 Å². The predicted molar refractivity (Wildman–Crippen MR) is 111 cm³/mol. The number of benzene rings is 1. The summed E-state index contributed by atoms with van der Waals surface area (Å²) in [5.74, 6) is 0.803. The first-order valence-corrected chi connectivity index (χ1v) is 10.3. The highest BCUT2D eigenvalue weighted by molar-refractivity contribution is 7.10. The van der Waals surface area contributed by atoms with Crippen molar-refractivity contribution in [1.29, 1.82) is 0 Å². The van der Waals surface area contributed by atoms with Crippen LogP contribution in [0.1, 0.15) is 28.8 Å². The lowest BCUT2D eigenvalue weighted by molar-refractivity contribution is -0.137. The largest absolute Gasteiger partial charge is 0.497 e. The third-order valence-corrected chi connectivity index (χ3v) is 5.97. The van der Waals surface area contributed by atoms with E-state index < -0.39 is 0 Å². The van der Waals surface area contributed by atoms with Gasteiger partial charge in [-0.05, 0) is 41.1 Å². The smallest absolute Gasteiger partial charge is 0.223 e.